The Labute approximate surface area is 94.2 Å². The maximum atomic E-state index is 4.41. The molecule has 0 bridgehead atoms. The van der Waals surface area contributed by atoms with Crippen molar-refractivity contribution in [3.05, 3.63) is 54.7 Å². The minimum absolute atomic E-state index is 0. The Morgan fingerprint density at radius 2 is 1.47 bits per heavy atom. The fourth-order valence-electron chi connectivity index (χ4n) is 1.81. The Kier molecular flexibility index (Phi) is 2.57. The van der Waals surface area contributed by atoms with Crippen molar-refractivity contribution in [1.82, 2.24) is 4.98 Å². The van der Waals surface area contributed by atoms with Crippen LogP contribution in [0.5, 0.6) is 0 Å². The summed E-state index contributed by atoms with van der Waals surface area (Å²) in [6, 6.07) is 16.7. The number of rotatable bonds is 0. The van der Waals surface area contributed by atoms with Gasteiger partial charge in [0.25, 0.3) is 0 Å². The van der Waals surface area contributed by atoms with Gasteiger partial charge >= 0.3 is 0 Å². The molecule has 0 unspecified atom stereocenters. The number of pyridine rings is 1. The molecule has 0 fully saturated rings. The van der Waals surface area contributed by atoms with Crippen molar-refractivity contribution in [2.45, 2.75) is 0 Å². The highest BCUT2D eigenvalue weighted by Gasteiger charge is 1.98. The third-order valence-electron chi connectivity index (χ3n) is 2.50. The summed E-state index contributed by atoms with van der Waals surface area (Å²) in [6.45, 7) is 0. The van der Waals surface area contributed by atoms with Crippen molar-refractivity contribution in [3.8, 4) is 0 Å². The van der Waals surface area contributed by atoms with Gasteiger partial charge in [-0.1, -0.05) is 42.5 Å². The second-order valence-electron chi connectivity index (χ2n) is 3.36. The number of benzene rings is 2. The van der Waals surface area contributed by atoms with E-state index in [9.17, 15) is 0 Å². The Bertz CT molecular complexity index is 550. The van der Waals surface area contributed by atoms with E-state index in [0.717, 1.165) is 5.52 Å². The molecule has 1 nitrogen and oxygen atoms in total. The maximum absolute atomic E-state index is 4.41. The smallest absolute Gasteiger partial charge is 0.0780 e. The van der Waals surface area contributed by atoms with Gasteiger partial charge in [0, 0.05) is 17.0 Å². The number of hydrogen-bond donors (Lipinski definition) is 0. The van der Waals surface area contributed by atoms with Crippen LogP contribution in [0.25, 0.3) is 21.7 Å². The van der Waals surface area contributed by atoms with Gasteiger partial charge in [0.05, 0.1) is 5.52 Å². The summed E-state index contributed by atoms with van der Waals surface area (Å²) in [7, 11) is 0. The average Bonchev–Trinajstić information content (AvgIpc) is 2.29. The van der Waals surface area contributed by atoms with Gasteiger partial charge in [-0.2, -0.15) is 0 Å². The van der Waals surface area contributed by atoms with Crippen LogP contribution in [0.2, 0.25) is 0 Å². The van der Waals surface area contributed by atoms with Crippen LogP contribution in [0, 0.1) is 0 Å². The monoisotopic (exact) mass is 215 g/mol. The zero-order chi connectivity index (χ0) is 9.38. The number of fused-ring (bicyclic) bond motifs is 3. The molecular formula is C13H10ClN. The largest absolute Gasteiger partial charge is 0.256 e. The molecule has 0 aliphatic heterocycles. The minimum Gasteiger partial charge on any atom is -0.256 e. The van der Waals surface area contributed by atoms with Crippen LogP contribution in [0.4, 0.5) is 0 Å². The number of nitrogens with zero attached hydrogens (tertiary/aromatic N) is 1. The van der Waals surface area contributed by atoms with Crippen LogP contribution >= 0.6 is 12.4 Å². The van der Waals surface area contributed by atoms with Gasteiger partial charge in [-0.15, -0.1) is 12.4 Å². The van der Waals surface area contributed by atoms with Gasteiger partial charge in [0.1, 0.15) is 0 Å². The summed E-state index contributed by atoms with van der Waals surface area (Å²) in [4.78, 5) is 4.41. The van der Waals surface area contributed by atoms with Crippen LogP contribution in [0.1, 0.15) is 0 Å². The molecule has 1 aromatic heterocycles. The first kappa shape index (κ1) is 9.94. The van der Waals surface area contributed by atoms with Gasteiger partial charge in [0.15, 0.2) is 0 Å². The maximum Gasteiger partial charge on any atom is 0.0780 e. The van der Waals surface area contributed by atoms with E-state index >= 15 is 0 Å². The lowest BCUT2D eigenvalue weighted by Crippen LogP contribution is -1.79. The molecule has 15 heavy (non-hydrogen) atoms. The van der Waals surface area contributed by atoms with Crippen LogP contribution in [-0.4, -0.2) is 4.98 Å². The predicted molar refractivity (Wildman–Crippen MR) is 66.5 cm³/mol. The van der Waals surface area contributed by atoms with E-state index in [4.69, 9.17) is 0 Å². The van der Waals surface area contributed by atoms with Gasteiger partial charge in [0.2, 0.25) is 0 Å². The SMILES string of the molecule is Cl.c1ccc2c(c1)ccc1cccnc12. The molecule has 0 aliphatic rings. The zero-order valence-corrected chi connectivity index (χ0v) is 8.87. The first-order valence-electron chi connectivity index (χ1n) is 4.68. The van der Waals surface area contributed by atoms with E-state index < -0.39 is 0 Å². The number of hydrogen-bond acceptors (Lipinski definition) is 1. The Balaban J connectivity index is 0.000000853. The fraction of sp³-hybridized carbons (Fsp3) is 0. The predicted octanol–water partition coefficient (Wildman–Crippen LogP) is 3.81. The number of aromatic nitrogens is 1. The summed E-state index contributed by atoms with van der Waals surface area (Å²) in [5.74, 6) is 0. The Hall–Kier alpha value is -1.60. The molecule has 0 atom stereocenters. The average molecular weight is 216 g/mol. The summed E-state index contributed by atoms with van der Waals surface area (Å²) in [5.41, 5.74) is 1.09. The van der Waals surface area contributed by atoms with Crippen LogP contribution < -0.4 is 0 Å². The van der Waals surface area contributed by atoms with Gasteiger partial charge in [-0.05, 0) is 11.5 Å². The quantitative estimate of drug-likeness (QED) is 0.520. The molecule has 3 rings (SSSR count). The third kappa shape index (κ3) is 1.55. The molecule has 0 N–H and O–H groups in total. The van der Waals surface area contributed by atoms with Crippen LogP contribution in [0.15, 0.2) is 54.7 Å². The molecule has 1 heterocycles. The molecule has 3 aromatic rings. The second kappa shape index (κ2) is 3.87. The molecule has 0 radical (unpaired) electrons. The Morgan fingerprint density at radius 3 is 2.40 bits per heavy atom. The van der Waals surface area contributed by atoms with Crippen molar-refractivity contribution in [3.63, 3.8) is 0 Å². The normalized spacial score (nSPS) is 10.1. The first-order chi connectivity index (χ1) is 6.95. The molecule has 0 saturated heterocycles. The van der Waals surface area contributed by atoms with E-state index in [2.05, 4.69) is 47.4 Å². The summed E-state index contributed by atoms with van der Waals surface area (Å²) in [5, 5.41) is 3.68. The molecule has 0 amide bonds. The highest BCUT2D eigenvalue weighted by atomic mass is 35.5. The van der Waals surface area contributed by atoms with E-state index in [1.807, 2.05) is 12.3 Å². The highest BCUT2D eigenvalue weighted by Crippen LogP contribution is 2.22. The second-order valence-corrected chi connectivity index (χ2v) is 3.36. The highest BCUT2D eigenvalue weighted by molar-refractivity contribution is 6.04. The van der Waals surface area contributed by atoms with Crippen LogP contribution in [0.3, 0.4) is 0 Å². The van der Waals surface area contributed by atoms with Gasteiger partial charge < -0.3 is 0 Å². The molecule has 0 saturated carbocycles. The lowest BCUT2D eigenvalue weighted by molar-refractivity contribution is 1.43. The summed E-state index contributed by atoms with van der Waals surface area (Å²) in [6.07, 6.45) is 1.84. The zero-order valence-electron chi connectivity index (χ0n) is 8.05. The van der Waals surface area contributed by atoms with E-state index in [1.54, 1.807) is 0 Å². The first-order valence-corrected chi connectivity index (χ1v) is 4.68. The van der Waals surface area contributed by atoms with Crippen molar-refractivity contribution in [1.29, 1.82) is 0 Å². The van der Waals surface area contributed by atoms with Crippen molar-refractivity contribution in [2.24, 2.45) is 0 Å². The van der Waals surface area contributed by atoms with Crippen molar-refractivity contribution >= 4 is 34.1 Å². The van der Waals surface area contributed by atoms with E-state index in [-0.39, 0.29) is 12.4 Å². The number of halogens is 1. The lowest BCUT2D eigenvalue weighted by Gasteiger charge is -2.01. The molecule has 2 heteroatoms. The van der Waals surface area contributed by atoms with Crippen LogP contribution in [-0.2, 0) is 0 Å². The van der Waals surface area contributed by atoms with E-state index in [0.29, 0.717) is 0 Å². The standard InChI is InChI=1S/C13H9N.ClH/c1-2-6-12-10(4-1)7-8-11-5-3-9-14-13(11)12;/h1-9H;1H. The Morgan fingerprint density at radius 1 is 0.733 bits per heavy atom. The summed E-state index contributed by atoms with van der Waals surface area (Å²) >= 11 is 0. The molecule has 2 aromatic carbocycles. The van der Waals surface area contributed by atoms with Gasteiger partial charge in [-0.3, -0.25) is 4.98 Å². The molecular weight excluding hydrogens is 206 g/mol. The summed E-state index contributed by atoms with van der Waals surface area (Å²) < 4.78 is 0. The van der Waals surface area contributed by atoms with Crippen molar-refractivity contribution in [2.75, 3.05) is 0 Å². The lowest BCUT2D eigenvalue weighted by atomic mass is 10.1. The third-order valence-corrected chi connectivity index (χ3v) is 2.50. The minimum atomic E-state index is 0. The molecule has 0 aliphatic carbocycles. The topological polar surface area (TPSA) is 12.9 Å². The van der Waals surface area contributed by atoms with E-state index in [1.165, 1.54) is 16.2 Å². The molecule has 0 spiro atoms. The van der Waals surface area contributed by atoms with Crippen molar-refractivity contribution < 1.29 is 0 Å². The fourth-order valence-corrected chi connectivity index (χ4v) is 1.81. The van der Waals surface area contributed by atoms with Gasteiger partial charge in [-0.25, -0.2) is 0 Å². The molecule has 74 valence electrons.